The van der Waals surface area contributed by atoms with E-state index in [1.54, 1.807) is 6.07 Å². The van der Waals surface area contributed by atoms with Gasteiger partial charge in [0, 0.05) is 18.2 Å². The van der Waals surface area contributed by atoms with E-state index in [2.05, 4.69) is 5.32 Å². The van der Waals surface area contributed by atoms with Crippen LogP contribution >= 0.6 is 23.2 Å². The van der Waals surface area contributed by atoms with Gasteiger partial charge in [0.2, 0.25) is 15.9 Å². The summed E-state index contributed by atoms with van der Waals surface area (Å²) in [5.74, 6) is -0.424. The number of rotatable bonds is 6. The first-order valence-corrected chi connectivity index (χ1v) is 10.1. The molecule has 1 aliphatic rings. The van der Waals surface area contributed by atoms with Crippen LogP contribution in [0.5, 0.6) is 0 Å². The minimum atomic E-state index is -3.74. The minimum absolute atomic E-state index is 0.0254. The zero-order valence-electron chi connectivity index (χ0n) is 13.5. The normalized spacial score (nSPS) is 19.1. The molecule has 1 saturated heterocycles. The molecular weight excluding hydrogens is 375 g/mol. The van der Waals surface area contributed by atoms with E-state index in [-0.39, 0.29) is 16.8 Å². The Morgan fingerprint density at radius 1 is 1.46 bits per heavy atom. The molecule has 0 saturated carbocycles. The monoisotopic (exact) mass is 394 g/mol. The molecule has 1 aliphatic heterocycles. The van der Waals surface area contributed by atoms with E-state index < -0.39 is 22.0 Å². The van der Waals surface area contributed by atoms with Gasteiger partial charge >= 0.3 is 0 Å². The number of benzene rings is 1. The van der Waals surface area contributed by atoms with Crippen LogP contribution in [0.15, 0.2) is 18.2 Å². The number of nitrogens with one attached hydrogen (secondary N) is 1. The molecule has 0 aliphatic carbocycles. The maximum absolute atomic E-state index is 12.4. The minimum Gasteiger partial charge on any atom is -0.376 e. The molecule has 24 heavy (non-hydrogen) atoms. The van der Waals surface area contributed by atoms with Crippen molar-refractivity contribution in [3.05, 3.63) is 28.2 Å². The van der Waals surface area contributed by atoms with E-state index in [0.29, 0.717) is 18.2 Å². The molecule has 1 aromatic carbocycles. The molecule has 1 fully saturated rings. The summed E-state index contributed by atoms with van der Waals surface area (Å²) in [7, 11) is -3.74. The summed E-state index contributed by atoms with van der Waals surface area (Å²) in [6, 6.07) is 3.50. The molecule has 2 atom stereocenters. The van der Waals surface area contributed by atoms with Gasteiger partial charge in [0.15, 0.2) is 0 Å². The Labute approximate surface area is 152 Å². The molecule has 0 spiro atoms. The van der Waals surface area contributed by atoms with Crippen LogP contribution in [0.2, 0.25) is 10.0 Å². The topological polar surface area (TPSA) is 75.7 Å². The molecule has 1 heterocycles. The summed E-state index contributed by atoms with van der Waals surface area (Å²) >= 11 is 12.1. The highest BCUT2D eigenvalue weighted by Gasteiger charge is 2.31. The second kappa shape index (κ2) is 7.91. The van der Waals surface area contributed by atoms with Crippen molar-refractivity contribution in [1.29, 1.82) is 0 Å². The van der Waals surface area contributed by atoms with Crippen molar-refractivity contribution in [1.82, 2.24) is 5.32 Å². The van der Waals surface area contributed by atoms with Gasteiger partial charge in [-0.15, -0.1) is 0 Å². The van der Waals surface area contributed by atoms with Crippen molar-refractivity contribution in [3.8, 4) is 0 Å². The molecule has 2 rings (SSSR count). The van der Waals surface area contributed by atoms with Gasteiger partial charge in [-0.2, -0.15) is 0 Å². The third-order valence-corrected chi connectivity index (χ3v) is 5.54. The first kappa shape index (κ1) is 19.3. The first-order chi connectivity index (χ1) is 11.2. The predicted molar refractivity (Wildman–Crippen MR) is 95.2 cm³/mol. The van der Waals surface area contributed by atoms with Crippen molar-refractivity contribution in [2.75, 3.05) is 23.7 Å². The van der Waals surface area contributed by atoms with Crippen molar-refractivity contribution in [3.63, 3.8) is 0 Å². The molecule has 9 heteroatoms. The molecule has 1 amide bonds. The van der Waals surface area contributed by atoms with Crippen LogP contribution < -0.4 is 9.62 Å². The lowest BCUT2D eigenvalue weighted by Gasteiger charge is -2.29. The largest absolute Gasteiger partial charge is 0.376 e. The summed E-state index contributed by atoms with van der Waals surface area (Å²) in [6.07, 6.45) is 2.84. The molecule has 6 nitrogen and oxygen atoms in total. The lowest BCUT2D eigenvalue weighted by Crippen LogP contribution is -2.49. The van der Waals surface area contributed by atoms with Gasteiger partial charge < -0.3 is 10.1 Å². The van der Waals surface area contributed by atoms with Crippen molar-refractivity contribution < 1.29 is 17.9 Å². The van der Waals surface area contributed by atoms with Crippen molar-refractivity contribution >= 4 is 44.8 Å². The standard InChI is InChI=1S/C15H20Cl2N2O4S/c1-10(15(20)18-9-12-4-3-7-23-12)19(24(2,21)22)14-8-11(16)5-6-13(14)17/h5-6,8,10,12H,3-4,7,9H2,1-2H3,(H,18,20)/t10-,12-/m0/s1. The summed E-state index contributed by atoms with van der Waals surface area (Å²) in [5, 5.41) is 3.26. The Balaban J connectivity index is 2.20. The average molecular weight is 395 g/mol. The molecule has 0 bridgehead atoms. The number of nitrogens with zero attached hydrogens (tertiary/aromatic N) is 1. The molecule has 0 aromatic heterocycles. The van der Waals surface area contributed by atoms with Gasteiger partial charge in [-0.1, -0.05) is 23.2 Å². The SMILES string of the molecule is C[C@@H](C(=O)NC[C@@H]1CCCO1)N(c1cc(Cl)ccc1Cl)S(C)(=O)=O. The molecule has 1 aromatic rings. The van der Waals surface area contributed by atoms with E-state index in [4.69, 9.17) is 27.9 Å². The number of carbonyl (C=O) groups is 1. The van der Waals surface area contributed by atoms with Crippen LogP contribution in [0.1, 0.15) is 19.8 Å². The zero-order valence-corrected chi connectivity index (χ0v) is 15.8. The first-order valence-electron chi connectivity index (χ1n) is 7.54. The molecular formula is C15H20Cl2N2O4S. The summed E-state index contributed by atoms with van der Waals surface area (Å²) in [6.45, 7) is 2.54. The number of amides is 1. The van der Waals surface area contributed by atoms with Crippen LogP contribution in [0.3, 0.4) is 0 Å². The van der Waals surface area contributed by atoms with Gasteiger partial charge in [0.25, 0.3) is 0 Å². The number of sulfonamides is 1. The average Bonchev–Trinajstić information content (AvgIpc) is 3.00. The quantitative estimate of drug-likeness (QED) is 0.803. The number of anilines is 1. The van der Waals surface area contributed by atoms with Crippen LogP contribution in [0.25, 0.3) is 0 Å². The molecule has 1 N–H and O–H groups in total. The third-order valence-electron chi connectivity index (χ3n) is 3.76. The lowest BCUT2D eigenvalue weighted by molar-refractivity contribution is -0.122. The lowest BCUT2D eigenvalue weighted by atomic mass is 10.2. The third kappa shape index (κ3) is 4.75. The number of halogens is 2. The summed E-state index contributed by atoms with van der Waals surface area (Å²) < 4.78 is 30.9. The molecule has 134 valence electrons. The Bertz CT molecular complexity index is 705. The Morgan fingerprint density at radius 2 is 2.17 bits per heavy atom. The van der Waals surface area contributed by atoms with Crippen LogP contribution in [-0.4, -0.2) is 45.9 Å². The zero-order chi connectivity index (χ0) is 17.9. The summed E-state index contributed by atoms with van der Waals surface area (Å²) in [4.78, 5) is 12.4. The second-order valence-electron chi connectivity index (χ2n) is 5.71. The fourth-order valence-electron chi connectivity index (χ4n) is 2.60. The summed E-state index contributed by atoms with van der Waals surface area (Å²) in [5.41, 5.74) is 0.173. The predicted octanol–water partition coefficient (Wildman–Crippen LogP) is 2.44. The number of ether oxygens (including phenoxy) is 1. The van der Waals surface area contributed by atoms with Crippen molar-refractivity contribution in [2.45, 2.75) is 31.9 Å². The number of hydrogen-bond donors (Lipinski definition) is 1. The van der Waals surface area contributed by atoms with E-state index in [1.165, 1.54) is 19.1 Å². The van der Waals surface area contributed by atoms with E-state index in [9.17, 15) is 13.2 Å². The molecule has 0 unspecified atom stereocenters. The van der Waals surface area contributed by atoms with Crippen LogP contribution in [-0.2, 0) is 19.6 Å². The van der Waals surface area contributed by atoms with E-state index in [1.807, 2.05) is 0 Å². The van der Waals surface area contributed by atoms with Crippen LogP contribution in [0, 0.1) is 0 Å². The van der Waals surface area contributed by atoms with Gasteiger partial charge in [0.1, 0.15) is 6.04 Å². The number of hydrogen-bond acceptors (Lipinski definition) is 4. The van der Waals surface area contributed by atoms with Crippen LogP contribution in [0.4, 0.5) is 5.69 Å². The highest BCUT2D eigenvalue weighted by molar-refractivity contribution is 7.92. The fourth-order valence-corrected chi connectivity index (χ4v) is 4.21. The Hall–Kier alpha value is -1.02. The Morgan fingerprint density at radius 3 is 2.75 bits per heavy atom. The van der Waals surface area contributed by atoms with E-state index in [0.717, 1.165) is 23.4 Å². The van der Waals surface area contributed by atoms with E-state index >= 15 is 0 Å². The van der Waals surface area contributed by atoms with Gasteiger partial charge in [0.05, 0.1) is 23.1 Å². The van der Waals surface area contributed by atoms with Gasteiger partial charge in [-0.25, -0.2) is 8.42 Å². The van der Waals surface area contributed by atoms with Crippen molar-refractivity contribution in [2.24, 2.45) is 0 Å². The maximum Gasteiger partial charge on any atom is 0.243 e. The van der Waals surface area contributed by atoms with Gasteiger partial charge in [-0.3, -0.25) is 9.10 Å². The highest BCUT2D eigenvalue weighted by atomic mass is 35.5. The maximum atomic E-state index is 12.4. The Kier molecular flexibility index (Phi) is 6.36. The smallest absolute Gasteiger partial charge is 0.243 e. The second-order valence-corrected chi connectivity index (χ2v) is 8.41. The van der Waals surface area contributed by atoms with Gasteiger partial charge in [-0.05, 0) is 38.0 Å². The fraction of sp³-hybridized carbons (Fsp3) is 0.533. The highest BCUT2D eigenvalue weighted by Crippen LogP contribution is 2.32. The number of carbonyl (C=O) groups excluding carboxylic acids is 1. The molecule has 0 radical (unpaired) electrons.